The van der Waals surface area contributed by atoms with E-state index in [1.165, 1.54) is 217 Å². The molecule has 0 radical (unpaired) electrons. The zero-order valence-corrected chi connectivity index (χ0v) is 72.0. The lowest BCUT2D eigenvalue weighted by atomic mass is 9.84. The lowest BCUT2D eigenvalue weighted by molar-refractivity contribution is 0.889. The van der Waals surface area contributed by atoms with Gasteiger partial charge in [-0.1, -0.05) is 359 Å². The van der Waals surface area contributed by atoms with Gasteiger partial charge < -0.3 is 0 Å². The Balaban J connectivity index is 0.000000112. The van der Waals surface area contributed by atoms with E-state index >= 15 is 0 Å². The number of hydrogen-bond acceptors (Lipinski definition) is 6. The van der Waals surface area contributed by atoms with Crippen LogP contribution in [0, 0.1) is 0 Å². The topological polar surface area (TPSA) is 53.5 Å². The molecular formula is C117H80N6S3. The van der Waals surface area contributed by atoms with Crippen LogP contribution in [0.3, 0.4) is 0 Å². The summed E-state index contributed by atoms with van der Waals surface area (Å²) in [6.07, 6.45) is 2.66. The molecule has 3 aliphatic heterocycles. The number of imidazole rings is 3. The van der Waals surface area contributed by atoms with Crippen molar-refractivity contribution in [3.8, 4) is 106 Å². The molecule has 0 bridgehead atoms. The molecule has 0 spiro atoms. The SMILES string of the molecule is CCc1nc2cccc3c2n1-c1c(cccc1-c1ccc(-c2ccc4c(-c5ccc6ccccc6c5)c5ccccc5c(-c5ccc6ccccc6c5)c4c2)cc1)S3.CCc1nc2cccc3c2n1-c1c(cccc1-c1ccc(-c2ccc4ccccc4c2)cc1)S3.CCc1nc2cccc3c2n1-c1c(cccc1-c1ccc2cc(-c4ccccc4)ccc2c1)S3. The van der Waals surface area contributed by atoms with Crippen molar-refractivity contribution < 1.29 is 0 Å². The third kappa shape index (κ3) is 12.8. The highest BCUT2D eigenvalue weighted by molar-refractivity contribution is 8.00. The van der Waals surface area contributed by atoms with Crippen LogP contribution >= 0.6 is 35.3 Å². The van der Waals surface area contributed by atoms with Gasteiger partial charge in [0.2, 0.25) is 0 Å². The number of fused-ring (bicyclic) bond motifs is 12. The maximum atomic E-state index is 5.07. The van der Waals surface area contributed by atoms with Gasteiger partial charge in [-0.3, -0.25) is 13.7 Å². The van der Waals surface area contributed by atoms with Crippen LogP contribution in [0.15, 0.2) is 424 Å². The van der Waals surface area contributed by atoms with Gasteiger partial charge in [-0.2, -0.15) is 0 Å². The third-order valence-electron chi connectivity index (χ3n) is 25.6. The van der Waals surface area contributed by atoms with Crippen LogP contribution < -0.4 is 0 Å². The summed E-state index contributed by atoms with van der Waals surface area (Å²) in [5.74, 6) is 3.33. The molecule has 0 unspecified atom stereocenters. The molecule has 126 heavy (non-hydrogen) atoms. The Morgan fingerprint density at radius 1 is 0.198 bits per heavy atom. The summed E-state index contributed by atoms with van der Waals surface area (Å²) < 4.78 is 7.20. The van der Waals surface area contributed by atoms with Gasteiger partial charge in [0.25, 0.3) is 0 Å². The molecule has 0 saturated heterocycles. The first kappa shape index (κ1) is 75.2. The number of hydrogen-bond donors (Lipinski definition) is 0. The summed E-state index contributed by atoms with van der Waals surface area (Å²) in [5.41, 5.74) is 30.4. The smallest absolute Gasteiger partial charge is 0.114 e. The number of nitrogens with zero attached hydrogens (tertiary/aromatic N) is 6. The summed E-state index contributed by atoms with van der Waals surface area (Å²) in [6, 6.07) is 144. The molecule has 26 rings (SSSR count). The Kier molecular flexibility index (Phi) is 18.5. The lowest BCUT2D eigenvalue weighted by Crippen LogP contribution is -2.07. The van der Waals surface area contributed by atoms with Crippen molar-refractivity contribution >= 4 is 133 Å². The van der Waals surface area contributed by atoms with Gasteiger partial charge in [0.15, 0.2) is 0 Å². The Morgan fingerprint density at radius 3 is 0.897 bits per heavy atom. The van der Waals surface area contributed by atoms with E-state index in [2.05, 4.69) is 429 Å². The second-order valence-electron chi connectivity index (χ2n) is 32.8. The Morgan fingerprint density at radius 2 is 0.476 bits per heavy atom. The molecule has 20 aromatic carbocycles. The van der Waals surface area contributed by atoms with Crippen molar-refractivity contribution in [2.75, 3.05) is 0 Å². The van der Waals surface area contributed by atoms with E-state index in [4.69, 9.17) is 15.0 Å². The van der Waals surface area contributed by atoms with E-state index in [0.29, 0.717) is 0 Å². The Hall–Kier alpha value is -14.6. The normalized spacial score (nSPS) is 12.2. The second-order valence-corrected chi connectivity index (χ2v) is 36.1. The van der Waals surface area contributed by atoms with Crippen molar-refractivity contribution in [3.63, 3.8) is 0 Å². The van der Waals surface area contributed by atoms with Crippen LogP contribution in [0.25, 0.3) is 204 Å². The van der Waals surface area contributed by atoms with E-state index in [1.54, 1.807) is 0 Å². The molecule has 0 aliphatic carbocycles. The summed E-state index contributed by atoms with van der Waals surface area (Å²) in [5, 5.41) is 15.1. The lowest BCUT2D eigenvalue weighted by Gasteiger charge is -2.23. The summed E-state index contributed by atoms with van der Waals surface area (Å²) >= 11 is 5.55. The standard InChI is InChI=1S/C55H36N2S.2C31H22N2S/c1-2-51-56-48-18-10-20-50-55(48)57(51)54-43(17-9-19-49(54)58-50)37-25-21-36(22-26-37)40-29-30-46-47(33-40)53(42-28-24-35-12-4-6-14-39(35)32-42)45-16-8-7-15-44(45)52(46)41-27-23-34-11-3-5-13-38(34)31-41;1-2-29-32-26-10-6-12-28-31(26)33(29)30-25(9-5-11-27(30)34-28)22-16-13-21(14-17-22)24-18-15-20-7-3-4-8-23(20)19-24;1-2-29-32-26-11-7-13-28-31(26)33(29)30-25(10-6-12-27(30)34-28)24-17-16-22-18-21(14-15-23(22)19-24)20-8-4-3-5-9-20/h3-33H,2H2,1H3;2*3-19H,2H2,1H3. The first-order valence-electron chi connectivity index (χ1n) is 43.5. The molecular weight excluding hydrogens is 1590 g/mol. The second kappa shape index (κ2) is 31.0. The summed E-state index contributed by atoms with van der Waals surface area (Å²) in [6.45, 7) is 6.58. The fourth-order valence-corrected chi connectivity index (χ4v) is 23.0. The predicted molar refractivity (Wildman–Crippen MR) is 532 cm³/mol. The molecule has 6 nitrogen and oxygen atoms in total. The number of aryl methyl sites for hydroxylation is 3. The van der Waals surface area contributed by atoms with Crippen molar-refractivity contribution in [1.82, 2.24) is 28.7 Å². The first-order chi connectivity index (χ1) is 62.3. The van der Waals surface area contributed by atoms with Crippen LogP contribution in [0.2, 0.25) is 0 Å². The Bertz CT molecular complexity index is 8380. The first-order valence-corrected chi connectivity index (χ1v) is 46.0. The minimum absolute atomic E-state index is 0.868. The van der Waals surface area contributed by atoms with E-state index in [0.717, 1.165) is 53.3 Å². The minimum atomic E-state index is 0.868. The average molecular weight is 1670 g/mol. The zero-order chi connectivity index (χ0) is 83.6. The highest BCUT2D eigenvalue weighted by Crippen LogP contribution is 2.53. The van der Waals surface area contributed by atoms with Crippen molar-refractivity contribution in [1.29, 1.82) is 0 Å². The molecule has 0 saturated carbocycles. The fourth-order valence-electron chi connectivity index (χ4n) is 19.6. The third-order valence-corrected chi connectivity index (χ3v) is 28.9. The van der Waals surface area contributed by atoms with Gasteiger partial charge in [-0.15, -0.1) is 0 Å². The average Bonchev–Trinajstić information content (AvgIpc) is 1.57. The van der Waals surface area contributed by atoms with Crippen LogP contribution in [-0.2, 0) is 19.3 Å². The maximum Gasteiger partial charge on any atom is 0.114 e. The van der Waals surface area contributed by atoms with Gasteiger partial charge in [-0.05, 0) is 228 Å². The molecule has 23 aromatic rings. The van der Waals surface area contributed by atoms with E-state index in [9.17, 15) is 0 Å². The highest BCUT2D eigenvalue weighted by Gasteiger charge is 2.30. The van der Waals surface area contributed by atoms with Crippen LogP contribution in [0.1, 0.15) is 38.2 Å². The highest BCUT2D eigenvalue weighted by atomic mass is 32.2. The van der Waals surface area contributed by atoms with Crippen LogP contribution in [-0.4, -0.2) is 28.7 Å². The molecule has 3 aliphatic rings. The number of rotatable bonds is 11. The van der Waals surface area contributed by atoms with Crippen LogP contribution in [0.4, 0.5) is 0 Å². The number of benzene rings is 20. The van der Waals surface area contributed by atoms with Gasteiger partial charge in [-0.25, -0.2) is 15.0 Å². The quantitative estimate of drug-likeness (QED) is 0.120. The number of para-hydroxylation sites is 6. The van der Waals surface area contributed by atoms with E-state index < -0.39 is 0 Å². The molecule has 0 N–H and O–H groups in total. The molecule has 6 heterocycles. The summed E-state index contributed by atoms with van der Waals surface area (Å²) in [4.78, 5) is 22.7. The van der Waals surface area contributed by atoms with Crippen molar-refractivity contribution in [2.24, 2.45) is 0 Å². The van der Waals surface area contributed by atoms with E-state index in [-0.39, 0.29) is 0 Å². The Labute approximate surface area is 743 Å². The zero-order valence-electron chi connectivity index (χ0n) is 69.6. The van der Waals surface area contributed by atoms with Gasteiger partial charge in [0.1, 0.15) is 17.5 Å². The molecule has 3 aromatic heterocycles. The molecule has 0 atom stereocenters. The van der Waals surface area contributed by atoms with Crippen molar-refractivity contribution in [2.45, 2.75) is 69.4 Å². The van der Waals surface area contributed by atoms with Crippen LogP contribution in [0.5, 0.6) is 0 Å². The van der Waals surface area contributed by atoms with Gasteiger partial charge >= 0.3 is 0 Å². The summed E-state index contributed by atoms with van der Waals surface area (Å²) in [7, 11) is 0. The largest absolute Gasteiger partial charge is 0.293 e. The molecule has 0 amide bonds. The maximum absolute atomic E-state index is 5.07. The monoisotopic (exact) mass is 1660 g/mol. The minimum Gasteiger partial charge on any atom is -0.293 e. The van der Waals surface area contributed by atoms with Gasteiger partial charge in [0.05, 0.1) is 50.2 Å². The predicted octanol–water partition coefficient (Wildman–Crippen LogP) is 32.4. The van der Waals surface area contributed by atoms with Gasteiger partial charge in [0, 0.05) is 65.3 Å². The fraction of sp³-hybridized carbons (Fsp3) is 0.0513. The molecule has 9 heteroatoms. The number of aromatic nitrogens is 6. The van der Waals surface area contributed by atoms with E-state index in [1.807, 2.05) is 35.3 Å². The van der Waals surface area contributed by atoms with Crippen molar-refractivity contribution in [3.05, 3.63) is 412 Å². The molecule has 0 fully saturated rings. The molecule has 596 valence electrons.